The first-order valence-electron chi connectivity index (χ1n) is 1.47. The van der Waals surface area contributed by atoms with Crippen molar-refractivity contribution in [2.45, 2.75) is 7.43 Å². The van der Waals surface area contributed by atoms with E-state index in [0.717, 1.165) is 0 Å². The molecule has 0 atom stereocenters. The Hall–Kier alpha value is -0.720. The van der Waals surface area contributed by atoms with E-state index in [0.29, 0.717) is 0 Å². The van der Waals surface area contributed by atoms with E-state index in [1.54, 1.807) is 12.5 Å². The fraction of sp³-hybridized carbons (Fsp3) is 0.200. The molecule has 6 heavy (non-hydrogen) atoms. The average molecular weight is 80.1 g/mol. The molecule has 1 heterocycles. The maximum atomic E-state index is 4.58. The van der Waals surface area contributed by atoms with Gasteiger partial charge in [-0.25, -0.2) is 0 Å². The van der Waals surface area contributed by atoms with Crippen LogP contribution in [-0.4, -0.2) is 0 Å². The lowest BCUT2D eigenvalue weighted by Gasteiger charge is -1.50. The van der Waals surface area contributed by atoms with Gasteiger partial charge in [0.1, 0.15) is 0 Å². The van der Waals surface area contributed by atoms with E-state index in [1.165, 1.54) is 0 Å². The fourth-order valence-electron chi connectivity index (χ4n) is 0.227. The topological polar surface area (TPSA) is 13.1 Å². The Morgan fingerprint density at radius 2 is 1.50 bits per heavy atom. The van der Waals surface area contributed by atoms with Crippen LogP contribution in [0.1, 0.15) is 7.43 Å². The maximum Gasteiger partial charge on any atom is 0.0902 e. The van der Waals surface area contributed by atoms with Crippen LogP contribution < -0.4 is 0 Å². The van der Waals surface area contributed by atoms with Crippen molar-refractivity contribution >= 4 is 0 Å². The third-order valence-corrected chi connectivity index (χ3v) is 0.425. The molecular formula is C5H8O. The molecule has 0 aliphatic heterocycles. The highest BCUT2D eigenvalue weighted by molar-refractivity contribution is 4.79. The number of hydrogen-bond donors (Lipinski definition) is 0. The van der Waals surface area contributed by atoms with Crippen molar-refractivity contribution in [3.05, 3.63) is 24.7 Å². The van der Waals surface area contributed by atoms with Gasteiger partial charge in [0.2, 0.25) is 0 Å². The molecule has 0 aromatic carbocycles. The predicted octanol–water partition coefficient (Wildman–Crippen LogP) is 1.92. The minimum atomic E-state index is 0. The summed E-state index contributed by atoms with van der Waals surface area (Å²) in [6.45, 7) is 0. The summed E-state index contributed by atoms with van der Waals surface area (Å²) in [4.78, 5) is 0. The molecule has 0 radical (unpaired) electrons. The Labute approximate surface area is 37.6 Å². The Morgan fingerprint density at radius 1 is 1.00 bits per heavy atom. The summed E-state index contributed by atoms with van der Waals surface area (Å²) < 4.78 is 4.58. The molecule has 34 valence electrons. The van der Waals surface area contributed by atoms with Crippen LogP contribution in [0.4, 0.5) is 0 Å². The molecular weight excluding hydrogens is 72.1 g/mol. The Balaban J connectivity index is 0.000000250. The van der Waals surface area contributed by atoms with Crippen LogP contribution in [0.15, 0.2) is 29.1 Å². The smallest absolute Gasteiger partial charge is 0.0902 e. The van der Waals surface area contributed by atoms with Gasteiger partial charge in [-0.1, -0.05) is 7.43 Å². The van der Waals surface area contributed by atoms with Crippen molar-refractivity contribution in [2.24, 2.45) is 0 Å². The van der Waals surface area contributed by atoms with Crippen LogP contribution in [0.3, 0.4) is 0 Å². The number of furan rings is 1. The van der Waals surface area contributed by atoms with Crippen molar-refractivity contribution in [3.8, 4) is 0 Å². The zero-order valence-electron chi connectivity index (χ0n) is 2.72. The van der Waals surface area contributed by atoms with Gasteiger partial charge in [0.25, 0.3) is 0 Å². The summed E-state index contributed by atoms with van der Waals surface area (Å²) in [5.41, 5.74) is 0. The molecule has 0 bridgehead atoms. The van der Waals surface area contributed by atoms with Crippen molar-refractivity contribution in [1.82, 2.24) is 0 Å². The molecule has 0 fully saturated rings. The SMILES string of the molecule is [8CH4].c1ccoc1. The van der Waals surface area contributed by atoms with E-state index >= 15 is 0 Å². The highest BCUT2D eigenvalue weighted by Crippen LogP contribution is 1.79. The normalized spacial score (nSPS) is 6.67. The van der Waals surface area contributed by atoms with E-state index in [1.807, 2.05) is 12.1 Å². The first-order chi connectivity index (χ1) is 2.50. The van der Waals surface area contributed by atoms with Gasteiger partial charge in [0.15, 0.2) is 0 Å². The number of hydrogen-bond acceptors (Lipinski definition) is 1. The molecule has 0 aliphatic carbocycles. The monoisotopic (exact) mass is 80.1 g/mol. The summed E-state index contributed by atoms with van der Waals surface area (Å²) in [5.74, 6) is 0. The lowest BCUT2D eigenvalue weighted by Crippen LogP contribution is -1.16. The molecule has 0 saturated carbocycles. The zero-order chi connectivity index (χ0) is 3.54. The minimum absolute atomic E-state index is 0. The summed E-state index contributed by atoms with van der Waals surface area (Å²) in [6.07, 6.45) is 3.25. The van der Waals surface area contributed by atoms with E-state index in [2.05, 4.69) is 4.42 Å². The molecule has 0 aliphatic rings. The fourth-order valence-corrected chi connectivity index (χ4v) is 0.227. The van der Waals surface area contributed by atoms with Crippen molar-refractivity contribution in [2.75, 3.05) is 0 Å². The first-order valence-corrected chi connectivity index (χ1v) is 1.47. The van der Waals surface area contributed by atoms with Crippen LogP contribution >= 0.6 is 0 Å². The van der Waals surface area contributed by atoms with Crippen LogP contribution in [-0.2, 0) is 0 Å². The molecule has 0 spiro atoms. The molecule has 0 saturated heterocycles. The van der Waals surface area contributed by atoms with Crippen molar-refractivity contribution in [3.63, 3.8) is 0 Å². The zero-order valence-corrected chi connectivity index (χ0v) is 2.72. The second-order valence-corrected chi connectivity index (χ2v) is 0.793. The van der Waals surface area contributed by atoms with E-state index in [4.69, 9.17) is 0 Å². The third kappa shape index (κ3) is 0.931. The van der Waals surface area contributed by atoms with Gasteiger partial charge in [-0.05, 0) is 12.1 Å². The molecule has 1 rings (SSSR count). The molecule has 0 amide bonds. The highest BCUT2D eigenvalue weighted by atomic mass is 16.3. The molecule has 1 nitrogen and oxygen atoms in total. The second kappa shape index (κ2) is 2.51. The van der Waals surface area contributed by atoms with E-state index < -0.39 is 0 Å². The van der Waals surface area contributed by atoms with Gasteiger partial charge in [0.05, 0.1) is 12.5 Å². The van der Waals surface area contributed by atoms with Gasteiger partial charge < -0.3 is 4.42 Å². The van der Waals surface area contributed by atoms with Crippen LogP contribution in [0, 0.1) is 0 Å². The molecule has 1 aromatic rings. The van der Waals surface area contributed by atoms with Crippen molar-refractivity contribution < 1.29 is 4.42 Å². The molecule has 0 N–H and O–H groups in total. The molecule has 1 aromatic heterocycles. The van der Waals surface area contributed by atoms with Crippen LogP contribution in [0.2, 0.25) is 0 Å². The first kappa shape index (κ1) is 5.28. The van der Waals surface area contributed by atoms with Gasteiger partial charge in [-0.3, -0.25) is 0 Å². The van der Waals surface area contributed by atoms with Crippen LogP contribution in [0.25, 0.3) is 0 Å². The summed E-state index contributed by atoms with van der Waals surface area (Å²) in [6, 6.07) is 3.67. The van der Waals surface area contributed by atoms with Gasteiger partial charge in [-0.15, -0.1) is 0 Å². The van der Waals surface area contributed by atoms with Gasteiger partial charge in [0, 0.05) is 0 Å². The third-order valence-electron chi connectivity index (χ3n) is 0.425. The maximum absolute atomic E-state index is 4.58. The predicted molar refractivity (Wildman–Crippen MR) is 25.4 cm³/mol. The second-order valence-electron chi connectivity index (χ2n) is 0.793. The van der Waals surface area contributed by atoms with E-state index in [9.17, 15) is 0 Å². The molecule has 0 unspecified atom stereocenters. The Morgan fingerprint density at radius 3 is 1.67 bits per heavy atom. The Bertz CT molecular complexity index is 60.4. The van der Waals surface area contributed by atoms with Gasteiger partial charge in [-0.2, -0.15) is 0 Å². The summed E-state index contributed by atoms with van der Waals surface area (Å²) in [5, 5.41) is 0. The van der Waals surface area contributed by atoms with Crippen molar-refractivity contribution in [1.29, 1.82) is 0 Å². The lowest BCUT2D eigenvalue weighted by atomic mass is 8.04. The number of rotatable bonds is 0. The summed E-state index contributed by atoms with van der Waals surface area (Å²) >= 11 is 0. The van der Waals surface area contributed by atoms with Crippen LogP contribution in [0.5, 0.6) is 0 Å². The minimum Gasteiger partial charge on any atom is -0.473 e. The Kier molecular flexibility index (Phi) is 2.21. The lowest BCUT2D eigenvalue weighted by molar-refractivity contribution is 0.567. The van der Waals surface area contributed by atoms with E-state index in [-0.39, 0.29) is 7.43 Å². The van der Waals surface area contributed by atoms with Gasteiger partial charge >= 0.3 is 0 Å². The highest BCUT2D eigenvalue weighted by Gasteiger charge is 1.58. The largest absolute Gasteiger partial charge is 0.473 e. The summed E-state index contributed by atoms with van der Waals surface area (Å²) in [7, 11) is 0. The average Bonchev–Trinajstić information content (AvgIpc) is 1.76. The molecule has 1 heteroatoms. The quantitative estimate of drug-likeness (QED) is 0.464. The standard InChI is InChI=1S/C4H4O.CH4/c1-2-4-5-3-1;/h1-4H;1H4/i;1-4.